The van der Waals surface area contributed by atoms with Crippen molar-refractivity contribution in [1.29, 1.82) is 0 Å². The maximum absolute atomic E-state index is 11.5. The fraction of sp³-hybridized carbons (Fsp3) is 0.0769. The molecule has 6 heteroatoms. The van der Waals surface area contributed by atoms with Crippen LogP contribution in [-0.2, 0) is 4.74 Å². The second-order valence-electron chi connectivity index (χ2n) is 3.78. The number of carbonyl (C=O) groups excluding carboxylic acids is 1. The highest BCUT2D eigenvalue weighted by atomic mass is 35.5. The van der Waals surface area contributed by atoms with E-state index < -0.39 is 5.97 Å². The Bertz CT molecular complexity index is 624. The van der Waals surface area contributed by atoms with E-state index in [1.807, 2.05) is 0 Å². The molecule has 0 radical (unpaired) electrons. The van der Waals surface area contributed by atoms with Gasteiger partial charge < -0.3 is 10.5 Å². The van der Waals surface area contributed by atoms with Gasteiger partial charge in [0, 0.05) is 15.6 Å². The van der Waals surface area contributed by atoms with E-state index in [0.717, 1.165) is 0 Å². The highest BCUT2D eigenvalue weighted by molar-refractivity contribution is 6.35. The molecular weight excluding hydrogens is 287 g/mol. The van der Waals surface area contributed by atoms with Gasteiger partial charge in [0.2, 0.25) is 0 Å². The Morgan fingerprint density at radius 2 is 1.84 bits per heavy atom. The molecule has 2 rings (SSSR count). The second kappa shape index (κ2) is 5.47. The van der Waals surface area contributed by atoms with E-state index >= 15 is 0 Å². The van der Waals surface area contributed by atoms with E-state index in [4.69, 9.17) is 28.9 Å². The standard InChI is InChI=1S/C13H10Cl2N2O2/c1-19-13(18)12-10(16)2-3-11(17-12)7-4-8(14)6-9(15)5-7/h2-6H,16H2,1H3. The molecule has 2 aromatic rings. The van der Waals surface area contributed by atoms with Gasteiger partial charge in [-0.1, -0.05) is 23.2 Å². The lowest BCUT2D eigenvalue weighted by atomic mass is 10.1. The smallest absolute Gasteiger partial charge is 0.358 e. The summed E-state index contributed by atoms with van der Waals surface area (Å²) in [5.74, 6) is -0.590. The maximum Gasteiger partial charge on any atom is 0.358 e. The van der Waals surface area contributed by atoms with Crippen LogP contribution in [-0.4, -0.2) is 18.1 Å². The van der Waals surface area contributed by atoms with Crippen LogP contribution in [0, 0.1) is 0 Å². The van der Waals surface area contributed by atoms with Crippen LogP contribution in [0.1, 0.15) is 10.5 Å². The highest BCUT2D eigenvalue weighted by Gasteiger charge is 2.13. The van der Waals surface area contributed by atoms with Gasteiger partial charge in [-0.15, -0.1) is 0 Å². The quantitative estimate of drug-likeness (QED) is 0.862. The molecule has 0 bridgehead atoms. The molecule has 0 saturated heterocycles. The fourth-order valence-corrected chi connectivity index (χ4v) is 2.12. The summed E-state index contributed by atoms with van der Waals surface area (Å²) in [5, 5.41) is 0.974. The average molecular weight is 297 g/mol. The zero-order valence-electron chi connectivity index (χ0n) is 9.98. The Labute approximate surface area is 120 Å². The molecule has 98 valence electrons. The van der Waals surface area contributed by atoms with Gasteiger partial charge in [-0.3, -0.25) is 0 Å². The molecular formula is C13H10Cl2N2O2. The largest absolute Gasteiger partial charge is 0.464 e. The number of esters is 1. The van der Waals surface area contributed by atoms with Crippen LogP contribution in [0.2, 0.25) is 10.0 Å². The van der Waals surface area contributed by atoms with Crippen LogP contribution < -0.4 is 5.73 Å². The third-order valence-corrected chi connectivity index (χ3v) is 2.90. The number of nitrogen functional groups attached to an aromatic ring is 1. The third kappa shape index (κ3) is 2.97. The molecule has 0 saturated carbocycles. The first kappa shape index (κ1) is 13.6. The monoisotopic (exact) mass is 296 g/mol. The lowest BCUT2D eigenvalue weighted by Gasteiger charge is -2.07. The summed E-state index contributed by atoms with van der Waals surface area (Å²) in [4.78, 5) is 15.7. The number of benzene rings is 1. The normalized spacial score (nSPS) is 10.3. The lowest BCUT2D eigenvalue weighted by molar-refractivity contribution is 0.0595. The van der Waals surface area contributed by atoms with Gasteiger partial charge in [0.25, 0.3) is 0 Å². The summed E-state index contributed by atoms with van der Waals surface area (Å²) in [6.45, 7) is 0. The number of hydrogen-bond donors (Lipinski definition) is 1. The SMILES string of the molecule is COC(=O)c1nc(-c2cc(Cl)cc(Cl)c2)ccc1N. The van der Waals surface area contributed by atoms with Crippen molar-refractivity contribution in [2.24, 2.45) is 0 Å². The maximum atomic E-state index is 11.5. The second-order valence-corrected chi connectivity index (χ2v) is 4.66. The molecule has 1 aromatic heterocycles. The van der Waals surface area contributed by atoms with Crippen LogP contribution >= 0.6 is 23.2 Å². The van der Waals surface area contributed by atoms with Gasteiger partial charge in [-0.2, -0.15) is 0 Å². The van der Waals surface area contributed by atoms with Gasteiger partial charge in [-0.25, -0.2) is 9.78 Å². The molecule has 1 heterocycles. The number of halogens is 2. The van der Waals surface area contributed by atoms with E-state index in [1.165, 1.54) is 7.11 Å². The summed E-state index contributed by atoms with van der Waals surface area (Å²) in [5.41, 5.74) is 7.25. The number of nitrogens with zero attached hydrogens (tertiary/aromatic N) is 1. The van der Waals surface area contributed by atoms with E-state index in [9.17, 15) is 4.79 Å². The zero-order valence-corrected chi connectivity index (χ0v) is 11.5. The third-order valence-electron chi connectivity index (χ3n) is 2.46. The molecule has 0 aliphatic heterocycles. The highest BCUT2D eigenvalue weighted by Crippen LogP contribution is 2.27. The summed E-state index contributed by atoms with van der Waals surface area (Å²) in [6, 6.07) is 8.29. The minimum Gasteiger partial charge on any atom is -0.464 e. The number of aromatic nitrogens is 1. The molecule has 0 atom stereocenters. The molecule has 4 nitrogen and oxygen atoms in total. The predicted octanol–water partition coefficient (Wildman–Crippen LogP) is 3.42. The number of rotatable bonds is 2. The predicted molar refractivity (Wildman–Crippen MR) is 75.4 cm³/mol. The first-order valence-electron chi connectivity index (χ1n) is 5.32. The molecule has 0 fully saturated rings. The Morgan fingerprint density at radius 1 is 1.21 bits per heavy atom. The first-order chi connectivity index (χ1) is 9.01. The number of hydrogen-bond acceptors (Lipinski definition) is 4. The molecule has 0 amide bonds. The fourth-order valence-electron chi connectivity index (χ4n) is 1.59. The summed E-state index contributed by atoms with van der Waals surface area (Å²) in [7, 11) is 1.27. The van der Waals surface area contributed by atoms with Gasteiger partial charge >= 0.3 is 5.97 Å². The number of nitrogens with two attached hydrogens (primary N) is 1. The molecule has 0 aliphatic rings. The van der Waals surface area contributed by atoms with Gasteiger partial charge in [0.15, 0.2) is 5.69 Å². The summed E-state index contributed by atoms with van der Waals surface area (Å²) in [6.07, 6.45) is 0. The van der Waals surface area contributed by atoms with Crippen LogP contribution in [0.5, 0.6) is 0 Å². The van der Waals surface area contributed by atoms with Gasteiger partial charge in [0.1, 0.15) is 0 Å². The summed E-state index contributed by atoms with van der Waals surface area (Å²) < 4.78 is 4.62. The Hall–Kier alpha value is -1.78. The Balaban J connectivity index is 2.54. The van der Waals surface area contributed by atoms with Gasteiger partial charge in [0.05, 0.1) is 18.5 Å². The minimum atomic E-state index is -0.590. The molecule has 2 N–H and O–H groups in total. The van der Waals surface area contributed by atoms with Crippen LogP contribution in [0.25, 0.3) is 11.3 Å². The van der Waals surface area contributed by atoms with Crippen molar-refractivity contribution in [1.82, 2.24) is 4.98 Å². The van der Waals surface area contributed by atoms with Crippen molar-refractivity contribution < 1.29 is 9.53 Å². The van der Waals surface area contributed by atoms with Crippen LogP contribution in [0.15, 0.2) is 30.3 Å². The number of anilines is 1. The van der Waals surface area contributed by atoms with Crippen molar-refractivity contribution in [3.8, 4) is 11.3 Å². The minimum absolute atomic E-state index is 0.0658. The molecule has 0 unspecified atom stereocenters. The number of ether oxygens (including phenoxy) is 1. The van der Waals surface area contributed by atoms with E-state index in [1.54, 1.807) is 30.3 Å². The zero-order chi connectivity index (χ0) is 14.0. The number of carbonyl (C=O) groups is 1. The Morgan fingerprint density at radius 3 is 2.42 bits per heavy atom. The van der Waals surface area contributed by atoms with Crippen LogP contribution in [0.4, 0.5) is 5.69 Å². The molecule has 0 spiro atoms. The van der Waals surface area contributed by atoms with Crippen LogP contribution in [0.3, 0.4) is 0 Å². The Kier molecular flexibility index (Phi) is 3.93. The number of pyridine rings is 1. The van der Waals surface area contributed by atoms with Crippen molar-refractivity contribution in [3.63, 3.8) is 0 Å². The van der Waals surface area contributed by atoms with E-state index in [2.05, 4.69) is 9.72 Å². The first-order valence-corrected chi connectivity index (χ1v) is 6.08. The van der Waals surface area contributed by atoms with Crippen molar-refractivity contribution in [2.75, 3.05) is 12.8 Å². The molecule has 0 aliphatic carbocycles. The topological polar surface area (TPSA) is 65.2 Å². The van der Waals surface area contributed by atoms with Crippen molar-refractivity contribution in [2.45, 2.75) is 0 Å². The molecule has 19 heavy (non-hydrogen) atoms. The van der Waals surface area contributed by atoms with E-state index in [-0.39, 0.29) is 11.4 Å². The van der Waals surface area contributed by atoms with Gasteiger partial charge in [-0.05, 0) is 30.3 Å². The van der Waals surface area contributed by atoms with Crippen molar-refractivity contribution in [3.05, 3.63) is 46.1 Å². The average Bonchev–Trinajstić information content (AvgIpc) is 2.37. The van der Waals surface area contributed by atoms with Crippen molar-refractivity contribution >= 4 is 34.9 Å². The van der Waals surface area contributed by atoms with E-state index in [0.29, 0.717) is 21.3 Å². The molecule has 1 aromatic carbocycles. The summed E-state index contributed by atoms with van der Waals surface area (Å²) >= 11 is 11.9. The lowest BCUT2D eigenvalue weighted by Crippen LogP contribution is -2.08. The number of methoxy groups -OCH3 is 1.